The number of halogens is 1. The number of aromatic carboxylic acids is 1. The Kier molecular flexibility index (Phi) is 7.72. The van der Waals surface area contributed by atoms with Crippen LogP contribution in [-0.4, -0.2) is 38.3 Å². The van der Waals surface area contributed by atoms with Gasteiger partial charge in [0.25, 0.3) is 5.91 Å². The minimum absolute atomic E-state index is 0.0631. The third-order valence-electron chi connectivity index (χ3n) is 4.78. The van der Waals surface area contributed by atoms with Gasteiger partial charge in [0, 0.05) is 18.3 Å². The van der Waals surface area contributed by atoms with Gasteiger partial charge < -0.3 is 25.1 Å². The van der Waals surface area contributed by atoms with E-state index >= 15 is 0 Å². The van der Waals surface area contributed by atoms with Gasteiger partial charge in [0.05, 0.1) is 28.4 Å². The molecule has 0 aliphatic rings. The van der Waals surface area contributed by atoms with Gasteiger partial charge in [0.15, 0.2) is 11.0 Å². The zero-order chi connectivity index (χ0) is 24.1. The Labute approximate surface area is 199 Å². The van der Waals surface area contributed by atoms with Gasteiger partial charge in [0.2, 0.25) is 5.91 Å². The summed E-state index contributed by atoms with van der Waals surface area (Å²) in [7, 11) is 1.75. The van der Waals surface area contributed by atoms with Crippen LogP contribution >= 0.6 is 23.4 Å². The molecule has 172 valence electrons. The van der Waals surface area contributed by atoms with Crippen molar-refractivity contribution in [3.8, 4) is 0 Å². The minimum Gasteiger partial charge on any atom is -0.545 e. The van der Waals surface area contributed by atoms with E-state index in [-0.39, 0.29) is 23.1 Å². The summed E-state index contributed by atoms with van der Waals surface area (Å²) in [6.07, 6.45) is 0. The van der Waals surface area contributed by atoms with E-state index < -0.39 is 12.0 Å². The van der Waals surface area contributed by atoms with E-state index in [1.807, 2.05) is 0 Å². The van der Waals surface area contributed by atoms with E-state index in [2.05, 4.69) is 20.8 Å². The molecule has 0 spiro atoms. The molecular weight excluding hydrogens is 466 g/mol. The maximum absolute atomic E-state index is 12.5. The number of hydrogen-bond acceptors (Lipinski definition) is 7. The Morgan fingerprint density at radius 2 is 1.88 bits per heavy atom. The predicted molar refractivity (Wildman–Crippen MR) is 123 cm³/mol. The number of carboxylic acids is 1. The number of amides is 2. The number of carbonyl (C=O) groups excluding carboxylic acids is 3. The van der Waals surface area contributed by atoms with Crippen molar-refractivity contribution in [2.24, 2.45) is 7.05 Å². The lowest BCUT2D eigenvalue weighted by Gasteiger charge is -2.14. The van der Waals surface area contributed by atoms with E-state index in [0.29, 0.717) is 32.8 Å². The second kappa shape index (κ2) is 10.5. The number of benzene rings is 2. The van der Waals surface area contributed by atoms with Crippen molar-refractivity contribution in [3.05, 3.63) is 70.0 Å². The number of nitrogens with zero attached hydrogens (tertiary/aromatic N) is 3. The largest absolute Gasteiger partial charge is 0.545 e. The minimum atomic E-state index is -1.27. The third-order valence-corrected chi connectivity index (χ3v) is 6.13. The molecule has 1 atom stereocenters. The maximum Gasteiger partial charge on any atom is 0.253 e. The lowest BCUT2D eigenvalue weighted by Crippen LogP contribution is -2.28. The molecule has 3 rings (SSSR count). The second-order valence-electron chi connectivity index (χ2n) is 7.23. The van der Waals surface area contributed by atoms with Crippen LogP contribution in [0.25, 0.3) is 0 Å². The number of rotatable bonds is 8. The summed E-state index contributed by atoms with van der Waals surface area (Å²) in [5.74, 6) is -1.30. The molecule has 0 saturated carbocycles. The highest BCUT2D eigenvalue weighted by Gasteiger charge is 2.20. The number of nitrogens with one attached hydrogen (secondary N) is 2. The summed E-state index contributed by atoms with van der Waals surface area (Å²) in [6, 6.07) is 10.8. The first-order valence-corrected chi connectivity index (χ1v) is 11.2. The summed E-state index contributed by atoms with van der Waals surface area (Å²) < 4.78 is 1.70. The van der Waals surface area contributed by atoms with Gasteiger partial charge in [-0.25, -0.2) is 0 Å². The normalized spacial score (nSPS) is 11.6. The van der Waals surface area contributed by atoms with Gasteiger partial charge in [-0.1, -0.05) is 41.6 Å². The third kappa shape index (κ3) is 5.91. The molecule has 0 radical (unpaired) electrons. The highest BCUT2D eigenvalue weighted by molar-refractivity contribution is 7.99. The number of hydrogen-bond donors (Lipinski definition) is 2. The summed E-state index contributed by atoms with van der Waals surface area (Å²) in [5, 5.41) is 25.7. The topological polar surface area (TPSA) is 129 Å². The van der Waals surface area contributed by atoms with E-state index in [1.165, 1.54) is 23.9 Å². The van der Waals surface area contributed by atoms with Gasteiger partial charge in [-0.2, -0.15) is 0 Å². The summed E-state index contributed by atoms with van der Waals surface area (Å²) in [6.45, 7) is 3.40. The zero-order valence-corrected chi connectivity index (χ0v) is 19.7. The van der Waals surface area contributed by atoms with Crippen molar-refractivity contribution >= 4 is 46.8 Å². The molecule has 9 nitrogen and oxygen atoms in total. The predicted octanol–water partition coefficient (Wildman–Crippen LogP) is 2.36. The highest BCUT2D eigenvalue weighted by Crippen LogP contribution is 2.21. The van der Waals surface area contributed by atoms with Crippen molar-refractivity contribution in [1.82, 2.24) is 20.1 Å². The first-order chi connectivity index (χ1) is 15.7. The molecule has 2 aromatic carbocycles. The Bertz CT molecular complexity index is 1210. The number of carboxylic acid groups (broad SMARTS) is 1. The first-order valence-electron chi connectivity index (χ1n) is 9.86. The molecule has 1 heterocycles. The van der Waals surface area contributed by atoms with Crippen molar-refractivity contribution in [2.75, 3.05) is 11.1 Å². The first kappa shape index (κ1) is 24.3. The van der Waals surface area contributed by atoms with E-state index in [9.17, 15) is 19.5 Å². The number of anilines is 1. The van der Waals surface area contributed by atoms with Crippen molar-refractivity contribution in [3.63, 3.8) is 0 Å². The molecule has 2 amide bonds. The van der Waals surface area contributed by atoms with Crippen molar-refractivity contribution < 1.29 is 19.5 Å². The van der Waals surface area contributed by atoms with E-state index in [1.54, 1.807) is 55.8 Å². The van der Waals surface area contributed by atoms with Gasteiger partial charge in [-0.05, 0) is 43.7 Å². The number of carbonyl (C=O) groups is 3. The van der Waals surface area contributed by atoms with Crippen LogP contribution in [0.1, 0.15) is 45.1 Å². The molecule has 0 saturated heterocycles. The van der Waals surface area contributed by atoms with Crippen LogP contribution in [-0.2, 0) is 11.8 Å². The fourth-order valence-corrected chi connectivity index (χ4v) is 4.05. The molecule has 11 heteroatoms. The fraction of sp³-hybridized carbons (Fsp3) is 0.227. The molecule has 2 N–H and O–H groups in total. The molecular formula is C22H21ClN5O4S-. The Hall–Kier alpha value is -3.37. The smallest absolute Gasteiger partial charge is 0.253 e. The quantitative estimate of drug-likeness (QED) is 0.467. The van der Waals surface area contributed by atoms with Gasteiger partial charge in [0.1, 0.15) is 0 Å². The molecule has 1 aromatic heterocycles. The summed E-state index contributed by atoms with van der Waals surface area (Å²) >= 11 is 7.26. The van der Waals surface area contributed by atoms with E-state index in [0.717, 1.165) is 0 Å². The van der Waals surface area contributed by atoms with Crippen LogP contribution in [0.15, 0.2) is 47.6 Å². The molecule has 0 bridgehead atoms. The lowest BCUT2D eigenvalue weighted by molar-refractivity contribution is -0.255. The lowest BCUT2D eigenvalue weighted by atomic mass is 10.1. The van der Waals surface area contributed by atoms with Crippen LogP contribution in [0.5, 0.6) is 0 Å². The average Bonchev–Trinajstić information content (AvgIpc) is 3.12. The Balaban J connectivity index is 1.59. The van der Waals surface area contributed by atoms with Crippen LogP contribution < -0.4 is 15.7 Å². The molecule has 0 aliphatic carbocycles. The van der Waals surface area contributed by atoms with Crippen LogP contribution in [0.4, 0.5) is 5.69 Å². The second-order valence-corrected chi connectivity index (χ2v) is 8.58. The SMILES string of the molecule is Cc1cc(NC(=O)CSc2nnc(C(C)NC(=O)c3ccccc3Cl)n2C)ccc1C(=O)[O-]. The van der Waals surface area contributed by atoms with Gasteiger partial charge >= 0.3 is 0 Å². The summed E-state index contributed by atoms with van der Waals surface area (Å²) in [4.78, 5) is 35.8. The monoisotopic (exact) mass is 486 g/mol. The molecule has 3 aromatic rings. The number of aryl methyl sites for hydroxylation is 1. The zero-order valence-electron chi connectivity index (χ0n) is 18.1. The van der Waals surface area contributed by atoms with Crippen LogP contribution in [0.2, 0.25) is 5.02 Å². The van der Waals surface area contributed by atoms with Crippen LogP contribution in [0.3, 0.4) is 0 Å². The molecule has 0 fully saturated rings. The van der Waals surface area contributed by atoms with Gasteiger partial charge in [-0.3, -0.25) is 9.59 Å². The Morgan fingerprint density at radius 1 is 1.15 bits per heavy atom. The standard InChI is InChI=1S/C22H22ClN5O4S/c1-12-10-14(8-9-15(12)21(31)32)25-18(29)11-33-22-27-26-19(28(22)3)13(2)24-20(30)16-6-4-5-7-17(16)23/h4-10,13H,11H2,1-3H3,(H,24,30)(H,25,29)(H,31,32)/p-1. The molecule has 0 aliphatic heterocycles. The fourth-order valence-electron chi connectivity index (χ4n) is 3.11. The molecule has 33 heavy (non-hydrogen) atoms. The maximum atomic E-state index is 12.5. The number of thioether (sulfide) groups is 1. The summed E-state index contributed by atoms with van der Waals surface area (Å²) in [5.41, 5.74) is 1.41. The highest BCUT2D eigenvalue weighted by atomic mass is 35.5. The Morgan fingerprint density at radius 3 is 2.55 bits per heavy atom. The van der Waals surface area contributed by atoms with Crippen LogP contribution in [0, 0.1) is 6.92 Å². The number of aromatic nitrogens is 3. The average molecular weight is 487 g/mol. The molecule has 1 unspecified atom stereocenters. The van der Waals surface area contributed by atoms with Crippen molar-refractivity contribution in [1.29, 1.82) is 0 Å². The van der Waals surface area contributed by atoms with E-state index in [4.69, 9.17) is 11.6 Å². The van der Waals surface area contributed by atoms with Crippen molar-refractivity contribution in [2.45, 2.75) is 25.0 Å². The van der Waals surface area contributed by atoms with Gasteiger partial charge in [-0.15, -0.1) is 10.2 Å².